The van der Waals surface area contributed by atoms with E-state index in [1.54, 1.807) is 0 Å². The zero-order valence-electron chi connectivity index (χ0n) is 11.4. The van der Waals surface area contributed by atoms with Crippen molar-refractivity contribution in [3.05, 3.63) is 16.1 Å². The molecule has 1 aromatic heterocycles. The number of carbonyl (C=O) groups excluding carboxylic acids is 1. The second kappa shape index (κ2) is 6.21. The van der Waals surface area contributed by atoms with E-state index in [9.17, 15) is 9.59 Å². The van der Waals surface area contributed by atoms with Crippen molar-refractivity contribution in [1.29, 1.82) is 0 Å². The normalized spacial score (nSPS) is 16.2. The molecule has 6 nitrogen and oxygen atoms in total. The number of thiazole rings is 1. The summed E-state index contributed by atoms with van der Waals surface area (Å²) in [5.41, 5.74) is 0.697. The largest absolute Gasteiger partial charge is 0.481 e. The lowest BCUT2D eigenvalue weighted by molar-refractivity contribution is -0.141. The zero-order valence-corrected chi connectivity index (χ0v) is 12.3. The molecule has 1 heterocycles. The van der Waals surface area contributed by atoms with Gasteiger partial charge in [-0.05, 0) is 25.2 Å². The smallest absolute Gasteiger partial charge is 0.315 e. The number of aliphatic carboxylic acids is 1. The van der Waals surface area contributed by atoms with Crippen molar-refractivity contribution < 1.29 is 14.7 Å². The average molecular weight is 297 g/mol. The maximum absolute atomic E-state index is 11.7. The van der Waals surface area contributed by atoms with Crippen LogP contribution >= 0.6 is 11.3 Å². The Morgan fingerprint density at radius 1 is 1.45 bits per heavy atom. The van der Waals surface area contributed by atoms with Crippen molar-refractivity contribution in [2.75, 3.05) is 6.54 Å². The van der Waals surface area contributed by atoms with E-state index >= 15 is 0 Å². The molecule has 20 heavy (non-hydrogen) atoms. The molecule has 0 bridgehead atoms. The standard InChI is InChI=1S/C13H19N3O3S/c1-9-7-20-10(16-9)6-14-12(19)15-8-13(3-2-4-13)5-11(17)18/h7H,2-6,8H2,1H3,(H,17,18)(H2,14,15,19). The highest BCUT2D eigenvalue weighted by Crippen LogP contribution is 2.43. The van der Waals surface area contributed by atoms with E-state index in [2.05, 4.69) is 15.6 Å². The minimum Gasteiger partial charge on any atom is -0.481 e. The first-order valence-corrected chi connectivity index (χ1v) is 7.52. The molecule has 2 amide bonds. The highest BCUT2D eigenvalue weighted by molar-refractivity contribution is 7.09. The molecule has 2 rings (SSSR count). The van der Waals surface area contributed by atoms with Crippen LogP contribution in [0.4, 0.5) is 4.79 Å². The quantitative estimate of drug-likeness (QED) is 0.748. The van der Waals surface area contributed by atoms with Crippen molar-refractivity contribution in [1.82, 2.24) is 15.6 Å². The van der Waals surface area contributed by atoms with Gasteiger partial charge in [-0.2, -0.15) is 0 Å². The second-order valence-corrected chi connectivity index (χ2v) is 6.29. The predicted octanol–water partition coefficient (Wildman–Crippen LogP) is 1.90. The fourth-order valence-corrected chi connectivity index (χ4v) is 3.10. The third-order valence-electron chi connectivity index (χ3n) is 3.63. The summed E-state index contributed by atoms with van der Waals surface area (Å²) < 4.78 is 0. The summed E-state index contributed by atoms with van der Waals surface area (Å²) in [5, 5.41) is 17.2. The van der Waals surface area contributed by atoms with Gasteiger partial charge >= 0.3 is 12.0 Å². The zero-order chi connectivity index (χ0) is 14.6. The SMILES string of the molecule is Cc1csc(CNC(=O)NCC2(CC(=O)O)CCC2)n1. The van der Waals surface area contributed by atoms with Crippen molar-refractivity contribution >= 4 is 23.3 Å². The summed E-state index contributed by atoms with van der Waals surface area (Å²) in [7, 11) is 0. The summed E-state index contributed by atoms with van der Waals surface area (Å²) in [4.78, 5) is 26.8. The molecule has 0 radical (unpaired) electrons. The van der Waals surface area contributed by atoms with Crippen LogP contribution in [0.5, 0.6) is 0 Å². The fraction of sp³-hybridized carbons (Fsp3) is 0.615. The molecule has 7 heteroatoms. The maximum Gasteiger partial charge on any atom is 0.315 e. The van der Waals surface area contributed by atoms with Crippen LogP contribution in [-0.2, 0) is 11.3 Å². The molecule has 0 aromatic carbocycles. The van der Waals surface area contributed by atoms with Gasteiger partial charge in [-0.1, -0.05) is 6.42 Å². The Morgan fingerprint density at radius 3 is 2.70 bits per heavy atom. The number of carbonyl (C=O) groups is 2. The van der Waals surface area contributed by atoms with Crippen LogP contribution in [0.1, 0.15) is 36.4 Å². The first kappa shape index (κ1) is 14.8. The Balaban J connectivity index is 1.73. The Bertz CT molecular complexity index is 497. The number of nitrogens with one attached hydrogen (secondary N) is 2. The van der Waals surface area contributed by atoms with E-state index in [4.69, 9.17) is 5.11 Å². The topological polar surface area (TPSA) is 91.3 Å². The number of amides is 2. The Labute approximate surface area is 121 Å². The van der Waals surface area contributed by atoms with Gasteiger partial charge in [0.1, 0.15) is 5.01 Å². The van der Waals surface area contributed by atoms with E-state index < -0.39 is 5.97 Å². The molecule has 1 fully saturated rings. The first-order chi connectivity index (χ1) is 9.49. The van der Waals surface area contributed by atoms with E-state index in [0.717, 1.165) is 30.0 Å². The molecular weight excluding hydrogens is 278 g/mol. The number of urea groups is 1. The molecular formula is C13H19N3O3S. The third-order valence-corrected chi connectivity index (χ3v) is 4.60. The number of rotatable bonds is 6. The van der Waals surface area contributed by atoms with Crippen LogP contribution in [0.3, 0.4) is 0 Å². The highest BCUT2D eigenvalue weighted by atomic mass is 32.1. The lowest BCUT2D eigenvalue weighted by Gasteiger charge is -2.40. The van der Waals surface area contributed by atoms with E-state index in [-0.39, 0.29) is 17.9 Å². The minimum atomic E-state index is -0.801. The maximum atomic E-state index is 11.7. The Kier molecular flexibility index (Phi) is 4.59. The Hall–Kier alpha value is -1.63. The number of hydrogen-bond donors (Lipinski definition) is 3. The summed E-state index contributed by atoms with van der Waals surface area (Å²) in [6.45, 7) is 2.73. The lowest BCUT2D eigenvalue weighted by atomic mass is 9.66. The monoisotopic (exact) mass is 297 g/mol. The molecule has 0 saturated heterocycles. The van der Waals surface area contributed by atoms with Crippen LogP contribution in [0.2, 0.25) is 0 Å². The summed E-state index contributed by atoms with van der Waals surface area (Å²) in [6, 6.07) is -0.269. The van der Waals surface area contributed by atoms with Gasteiger partial charge in [0.2, 0.25) is 0 Å². The number of nitrogens with zero attached hydrogens (tertiary/aromatic N) is 1. The number of carboxylic acid groups (broad SMARTS) is 1. The van der Waals surface area contributed by atoms with Crippen molar-refractivity contribution in [3.63, 3.8) is 0 Å². The molecule has 1 aromatic rings. The fourth-order valence-electron chi connectivity index (χ4n) is 2.38. The van der Waals surface area contributed by atoms with Crippen molar-refractivity contribution in [2.45, 2.75) is 39.2 Å². The van der Waals surface area contributed by atoms with Gasteiger partial charge in [-0.15, -0.1) is 11.3 Å². The number of aryl methyl sites for hydroxylation is 1. The van der Waals surface area contributed by atoms with Crippen LogP contribution in [0, 0.1) is 12.3 Å². The number of aromatic nitrogens is 1. The first-order valence-electron chi connectivity index (χ1n) is 6.64. The number of hydrogen-bond acceptors (Lipinski definition) is 4. The molecule has 1 aliphatic carbocycles. The van der Waals surface area contributed by atoms with Crippen LogP contribution in [0.15, 0.2) is 5.38 Å². The van der Waals surface area contributed by atoms with Gasteiger partial charge in [0, 0.05) is 17.6 Å². The van der Waals surface area contributed by atoms with Gasteiger partial charge in [0.25, 0.3) is 0 Å². The van der Waals surface area contributed by atoms with Gasteiger partial charge in [-0.25, -0.2) is 9.78 Å². The number of carboxylic acids is 1. The van der Waals surface area contributed by atoms with Gasteiger partial charge in [-0.3, -0.25) is 4.79 Å². The molecule has 0 unspecified atom stereocenters. The van der Waals surface area contributed by atoms with Gasteiger partial charge in [0.15, 0.2) is 0 Å². The summed E-state index contributed by atoms with van der Waals surface area (Å²) >= 11 is 1.51. The molecule has 1 saturated carbocycles. The molecule has 1 aliphatic rings. The molecule has 110 valence electrons. The van der Waals surface area contributed by atoms with E-state index in [0.29, 0.717) is 13.1 Å². The highest BCUT2D eigenvalue weighted by Gasteiger charge is 2.39. The second-order valence-electron chi connectivity index (χ2n) is 5.34. The molecule has 0 aliphatic heterocycles. The van der Waals surface area contributed by atoms with E-state index in [1.807, 2.05) is 12.3 Å². The molecule has 3 N–H and O–H groups in total. The Morgan fingerprint density at radius 2 is 2.20 bits per heavy atom. The minimum absolute atomic E-state index is 0.124. The van der Waals surface area contributed by atoms with E-state index in [1.165, 1.54) is 11.3 Å². The van der Waals surface area contributed by atoms with Crippen LogP contribution in [0.25, 0.3) is 0 Å². The van der Waals surface area contributed by atoms with Crippen LogP contribution in [-0.4, -0.2) is 28.6 Å². The van der Waals surface area contributed by atoms with Gasteiger partial charge in [0.05, 0.1) is 13.0 Å². The molecule has 0 spiro atoms. The third kappa shape index (κ3) is 3.93. The van der Waals surface area contributed by atoms with Crippen molar-refractivity contribution in [3.8, 4) is 0 Å². The summed E-state index contributed by atoms with van der Waals surface area (Å²) in [5.74, 6) is -0.801. The molecule has 0 atom stereocenters. The van der Waals surface area contributed by atoms with Crippen LogP contribution < -0.4 is 10.6 Å². The summed E-state index contributed by atoms with van der Waals surface area (Å²) in [6.07, 6.45) is 2.89. The van der Waals surface area contributed by atoms with Crippen molar-refractivity contribution in [2.24, 2.45) is 5.41 Å². The van der Waals surface area contributed by atoms with Gasteiger partial charge < -0.3 is 15.7 Å². The lowest BCUT2D eigenvalue weighted by Crippen LogP contribution is -2.46. The average Bonchev–Trinajstić information content (AvgIpc) is 2.75. The predicted molar refractivity (Wildman–Crippen MR) is 75.6 cm³/mol.